The predicted molar refractivity (Wildman–Crippen MR) is 126 cm³/mol. The first-order chi connectivity index (χ1) is 15.2. The lowest BCUT2D eigenvalue weighted by atomic mass is 10.1. The van der Waals surface area contributed by atoms with Gasteiger partial charge in [-0.15, -0.1) is 0 Å². The highest BCUT2D eigenvalue weighted by Crippen LogP contribution is 2.33. The van der Waals surface area contributed by atoms with E-state index in [4.69, 9.17) is 16.6 Å². The van der Waals surface area contributed by atoms with E-state index in [-0.39, 0.29) is 5.91 Å². The Labute approximate surface area is 188 Å². The van der Waals surface area contributed by atoms with E-state index < -0.39 is 0 Å². The molecule has 31 heavy (non-hydrogen) atoms. The van der Waals surface area contributed by atoms with E-state index in [0.29, 0.717) is 28.0 Å². The molecule has 1 aliphatic heterocycles. The van der Waals surface area contributed by atoms with Gasteiger partial charge in [0.2, 0.25) is 0 Å². The van der Waals surface area contributed by atoms with Crippen LogP contribution in [0.15, 0.2) is 82.8 Å². The van der Waals surface area contributed by atoms with Crippen molar-refractivity contribution < 1.29 is 9.21 Å². The topological polar surface area (TPSA) is 67.1 Å². The average molecular weight is 447 g/mol. The van der Waals surface area contributed by atoms with Crippen molar-refractivity contribution in [3.63, 3.8) is 0 Å². The molecule has 8 heteroatoms. The number of aromatic nitrogens is 3. The zero-order valence-electron chi connectivity index (χ0n) is 16.4. The molecule has 0 spiro atoms. The smallest absolute Gasteiger partial charge is 0.266 e. The fourth-order valence-corrected chi connectivity index (χ4v) is 4.65. The lowest BCUT2D eigenvalue weighted by molar-refractivity contribution is -0.122. The number of nitrogens with zero attached hydrogens (tertiary/aromatic N) is 3. The maximum atomic E-state index is 12.8. The van der Waals surface area contributed by atoms with Crippen molar-refractivity contribution in [1.29, 1.82) is 0 Å². The summed E-state index contributed by atoms with van der Waals surface area (Å²) in [6, 6.07) is 15.9. The number of benzene rings is 1. The summed E-state index contributed by atoms with van der Waals surface area (Å²) in [6.07, 6.45) is 9.82. The normalized spacial score (nSPS) is 15.4. The number of aromatic amines is 1. The second-order valence-corrected chi connectivity index (χ2v) is 8.68. The summed E-state index contributed by atoms with van der Waals surface area (Å²) in [5, 5.41) is 0. The summed E-state index contributed by atoms with van der Waals surface area (Å²) in [5.74, 6) is 1.28. The number of carbonyl (C=O) groups excluding carboxylic acids is 1. The van der Waals surface area contributed by atoms with Crippen LogP contribution in [0, 0.1) is 0 Å². The summed E-state index contributed by atoms with van der Waals surface area (Å²) in [4.78, 5) is 22.0. The van der Waals surface area contributed by atoms with Crippen molar-refractivity contribution >= 4 is 40.3 Å². The van der Waals surface area contributed by atoms with Gasteiger partial charge in [-0.2, -0.15) is 0 Å². The van der Waals surface area contributed by atoms with E-state index in [9.17, 15) is 4.79 Å². The van der Waals surface area contributed by atoms with Gasteiger partial charge in [0, 0.05) is 54.6 Å². The number of thioether (sulfide) groups is 1. The molecular formula is C23H18N4O2S2. The van der Waals surface area contributed by atoms with Gasteiger partial charge >= 0.3 is 0 Å². The second kappa shape index (κ2) is 8.41. The molecule has 0 atom stereocenters. The first kappa shape index (κ1) is 19.6. The molecule has 154 valence electrons. The standard InChI is InChI=1S/C23H18N4O2S2/c28-22-21(31-23(30)27(22)12-9-17-14-24-15-25-17)13-19-7-8-20(29-19)16-3-5-18(6-4-16)26-10-1-2-11-26/h1-8,10-11,13-15H,9,12H2,(H,24,25)/b21-13-. The number of imidazole rings is 1. The van der Waals surface area contributed by atoms with Gasteiger partial charge in [0.25, 0.3) is 5.91 Å². The number of nitrogens with one attached hydrogen (secondary N) is 1. The third kappa shape index (κ3) is 4.12. The van der Waals surface area contributed by atoms with E-state index in [1.54, 1.807) is 23.5 Å². The molecule has 3 aromatic heterocycles. The van der Waals surface area contributed by atoms with E-state index in [0.717, 1.165) is 22.7 Å². The molecule has 1 amide bonds. The molecule has 4 heterocycles. The van der Waals surface area contributed by atoms with Gasteiger partial charge < -0.3 is 14.0 Å². The first-order valence-corrected chi connectivity index (χ1v) is 11.0. The molecule has 0 saturated carbocycles. The highest BCUT2D eigenvalue weighted by Gasteiger charge is 2.32. The van der Waals surface area contributed by atoms with Gasteiger partial charge in [-0.25, -0.2) is 4.98 Å². The lowest BCUT2D eigenvalue weighted by Gasteiger charge is -2.13. The molecule has 0 aliphatic carbocycles. The van der Waals surface area contributed by atoms with Gasteiger partial charge in [0.15, 0.2) is 0 Å². The Balaban J connectivity index is 1.29. The van der Waals surface area contributed by atoms with Crippen molar-refractivity contribution in [2.45, 2.75) is 6.42 Å². The molecule has 0 radical (unpaired) electrons. The Morgan fingerprint density at radius 1 is 1.13 bits per heavy atom. The zero-order valence-corrected chi connectivity index (χ0v) is 18.0. The van der Waals surface area contributed by atoms with Crippen LogP contribution in [0.4, 0.5) is 0 Å². The summed E-state index contributed by atoms with van der Waals surface area (Å²) < 4.78 is 8.58. The fraction of sp³-hybridized carbons (Fsp3) is 0.0870. The summed E-state index contributed by atoms with van der Waals surface area (Å²) in [7, 11) is 0. The number of amides is 1. The Morgan fingerprint density at radius 2 is 1.94 bits per heavy atom. The van der Waals surface area contributed by atoms with Crippen LogP contribution in [-0.2, 0) is 11.2 Å². The molecular weight excluding hydrogens is 428 g/mol. The number of carbonyl (C=O) groups is 1. The third-order valence-electron chi connectivity index (χ3n) is 4.99. The maximum Gasteiger partial charge on any atom is 0.266 e. The molecule has 1 aliphatic rings. The molecule has 4 aromatic rings. The number of thiocarbonyl (C=S) groups is 1. The highest BCUT2D eigenvalue weighted by atomic mass is 32.2. The summed E-state index contributed by atoms with van der Waals surface area (Å²) in [6.45, 7) is 0.515. The predicted octanol–water partition coefficient (Wildman–Crippen LogP) is 4.90. The van der Waals surface area contributed by atoms with Crippen LogP contribution in [-0.4, -0.2) is 36.2 Å². The largest absolute Gasteiger partial charge is 0.457 e. The van der Waals surface area contributed by atoms with Crippen LogP contribution in [0.5, 0.6) is 0 Å². The van der Waals surface area contributed by atoms with Crippen LogP contribution in [0.1, 0.15) is 11.5 Å². The molecule has 6 nitrogen and oxygen atoms in total. The molecule has 1 aromatic carbocycles. The zero-order chi connectivity index (χ0) is 21.2. The summed E-state index contributed by atoms with van der Waals surface area (Å²) >= 11 is 6.70. The van der Waals surface area contributed by atoms with Gasteiger partial charge in [-0.1, -0.05) is 24.0 Å². The Hall–Kier alpha value is -3.36. The quantitative estimate of drug-likeness (QED) is 0.337. The Bertz CT molecular complexity index is 1240. The van der Waals surface area contributed by atoms with Crippen LogP contribution in [0.3, 0.4) is 0 Å². The van der Waals surface area contributed by atoms with Crippen molar-refractivity contribution in [3.8, 4) is 17.0 Å². The third-order valence-corrected chi connectivity index (χ3v) is 6.37. The second-order valence-electron chi connectivity index (χ2n) is 7.00. The molecule has 1 fully saturated rings. The first-order valence-electron chi connectivity index (χ1n) is 9.73. The number of hydrogen-bond acceptors (Lipinski definition) is 5. The minimum absolute atomic E-state index is 0.0939. The van der Waals surface area contributed by atoms with Gasteiger partial charge in [0.05, 0.1) is 11.2 Å². The average Bonchev–Trinajstić information content (AvgIpc) is 3.58. The Kier molecular flexibility index (Phi) is 5.31. The lowest BCUT2D eigenvalue weighted by Crippen LogP contribution is -2.30. The van der Waals surface area contributed by atoms with Gasteiger partial charge in [-0.3, -0.25) is 9.69 Å². The van der Waals surface area contributed by atoms with Crippen LogP contribution in [0.25, 0.3) is 23.1 Å². The van der Waals surface area contributed by atoms with E-state index >= 15 is 0 Å². The van der Waals surface area contributed by atoms with Crippen molar-refractivity contribution in [1.82, 2.24) is 19.4 Å². The van der Waals surface area contributed by atoms with E-state index in [1.807, 2.05) is 65.5 Å². The van der Waals surface area contributed by atoms with E-state index in [2.05, 4.69) is 9.97 Å². The number of hydrogen-bond donors (Lipinski definition) is 1. The number of H-pyrrole nitrogens is 1. The minimum atomic E-state index is -0.0939. The maximum absolute atomic E-state index is 12.8. The van der Waals surface area contributed by atoms with Crippen molar-refractivity contribution in [3.05, 3.63) is 89.8 Å². The molecule has 5 rings (SSSR count). The summed E-state index contributed by atoms with van der Waals surface area (Å²) in [5.41, 5.74) is 3.03. The van der Waals surface area contributed by atoms with Crippen LogP contribution < -0.4 is 0 Å². The molecule has 1 saturated heterocycles. The molecule has 0 unspecified atom stereocenters. The van der Waals surface area contributed by atoms with Gasteiger partial charge in [0.1, 0.15) is 15.8 Å². The van der Waals surface area contributed by atoms with Crippen LogP contribution >= 0.6 is 24.0 Å². The SMILES string of the molecule is O=C1/C(=C/c2ccc(-c3ccc(-n4cccc4)cc3)o2)SC(=S)N1CCc1cnc[nH]1. The Morgan fingerprint density at radius 3 is 2.68 bits per heavy atom. The molecule has 0 bridgehead atoms. The fourth-order valence-electron chi connectivity index (χ4n) is 3.37. The van der Waals surface area contributed by atoms with Crippen molar-refractivity contribution in [2.75, 3.05) is 6.54 Å². The van der Waals surface area contributed by atoms with E-state index in [1.165, 1.54) is 11.8 Å². The van der Waals surface area contributed by atoms with Gasteiger partial charge in [-0.05, 0) is 48.5 Å². The molecule has 1 N–H and O–H groups in total. The van der Waals surface area contributed by atoms with Crippen LogP contribution in [0.2, 0.25) is 0 Å². The highest BCUT2D eigenvalue weighted by molar-refractivity contribution is 8.26. The minimum Gasteiger partial charge on any atom is -0.457 e. The van der Waals surface area contributed by atoms with Crippen molar-refractivity contribution in [2.24, 2.45) is 0 Å². The number of rotatable bonds is 6. The number of furan rings is 1. The monoisotopic (exact) mass is 446 g/mol.